The van der Waals surface area contributed by atoms with E-state index in [2.05, 4.69) is 79.9 Å². The van der Waals surface area contributed by atoms with Gasteiger partial charge in [-0.3, -0.25) is 18.6 Å². The molecule has 0 aliphatic rings. The van der Waals surface area contributed by atoms with Gasteiger partial charge < -0.3 is 25.2 Å². The fourth-order valence-corrected chi connectivity index (χ4v) is 6.60. The second-order valence-electron chi connectivity index (χ2n) is 14.9. The van der Waals surface area contributed by atoms with Gasteiger partial charge >= 0.3 is 19.8 Å². The number of aliphatic carboxylic acids is 1. The molecule has 0 aromatic carbocycles. The van der Waals surface area contributed by atoms with Crippen molar-refractivity contribution in [3.8, 4) is 0 Å². The van der Waals surface area contributed by atoms with Crippen LogP contribution in [0.1, 0.15) is 181 Å². The first kappa shape index (κ1) is 55.2. The number of hydrogen-bond donors (Lipinski definition) is 4. The van der Waals surface area contributed by atoms with Crippen molar-refractivity contribution in [3.05, 3.63) is 60.8 Å². The smallest absolute Gasteiger partial charge is 0.472 e. The highest BCUT2D eigenvalue weighted by molar-refractivity contribution is 7.47. The maximum absolute atomic E-state index is 12.3. The number of carbonyl (C=O) groups excluding carboxylic acids is 2. The molecule has 0 aromatic rings. The molecule has 0 saturated heterocycles. The highest BCUT2D eigenvalue weighted by atomic mass is 31.2. The lowest BCUT2D eigenvalue weighted by molar-refractivity contribution is -0.147. The molecule has 1 amide bonds. The van der Waals surface area contributed by atoms with Crippen LogP contribution < -0.4 is 5.32 Å². The topological polar surface area (TPSA) is 169 Å². The monoisotopic (exact) mass is 838 g/mol. The Bertz CT molecular complexity index is 1210. The number of esters is 1. The molecule has 11 nitrogen and oxygen atoms in total. The van der Waals surface area contributed by atoms with Gasteiger partial charge in [0.15, 0.2) is 6.04 Å². The largest absolute Gasteiger partial charge is 0.480 e. The molecule has 0 aliphatic carbocycles. The summed E-state index contributed by atoms with van der Waals surface area (Å²) in [5.41, 5.74) is 0. The highest BCUT2D eigenvalue weighted by Gasteiger charge is 2.28. The van der Waals surface area contributed by atoms with Gasteiger partial charge in [0.05, 0.1) is 13.2 Å². The van der Waals surface area contributed by atoms with Crippen LogP contribution in [0.5, 0.6) is 0 Å². The van der Waals surface area contributed by atoms with Crippen LogP contribution in [0.4, 0.5) is 0 Å². The van der Waals surface area contributed by atoms with Gasteiger partial charge in [0.25, 0.3) is 0 Å². The summed E-state index contributed by atoms with van der Waals surface area (Å²) in [6.07, 6.45) is 46.7. The molecule has 0 aliphatic heterocycles. The van der Waals surface area contributed by atoms with E-state index in [1.807, 2.05) is 0 Å². The van der Waals surface area contributed by atoms with Gasteiger partial charge in [-0.2, -0.15) is 0 Å². The third-order valence-electron chi connectivity index (χ3n) is 9.29. The Labute approximate surface area is 351 Å². The van der Waals surface area contributed by atoms with Crippen molar-refractivity contribution in [2.24, 2.45) is 0 Å². The minimum atomic E-state index is -4.77. The maximum Gasteiger partial charge on any atom is 0.472 e. The first-order valence-electron chi connectivity index (χ1n) is 22.3. The number of carbonyl (C=O) groups is 3. The molecule has 0 rings (SSSR count). The Morgan fingerprint density at radius 1 is 0.569 bits per heavy atom. The number of unbranched alkanes of at least 4 members (excludes halogenated alkanes) is 17. The fraction of sp³-hybridized carbons (Fsp3) is 0.717. The maximum atomic E-state index is 12.3. The molecule has 3 atom stereocenters. The van der Waals surface area contributed by atoms with Crippen molar-refractivity contribution >= 4 is 25.7 Å². The summed E-state index contributed by atoms with van der Waals surface area (Å²) in [5.74, 6) is -2.42. The van der Waals surface area contributed by atoms with E-state index in [1.165, 1.54) is 77.0 Å². The van der Waals surface area contributed by atoms with Gasteiger partial charge in [-0.1, -0.05) is 152 Å². The summed E-state index contributed by atoms with van der Waals surface area (Å²) in [6, 6.07) is -1.55. The number of hydrogen-bond acceptors (Lipinski definition) is 8. The van der Waals surface area contributed by atoms with E-state index in [0.29, 0.717) is 12.8 Å². The molecular formula is C46H80NO10P. The van der Waals surface area contributed by atoms with Crippen LogP contribution in [0.15, 0.2) is 60.8 Å². The number of ether oxygens (including phenoxy) is 1. The normalized spacial score (nSPS) is 14.3. The van der Waals surface area contributed by atoms with E-state index in [4.69, 9.17) is 13.8 Å². The number of allylic oxidation sites excluding steroid dienone is 10. The van der Waals surface area contributed by atoms with E-state index < -0.39 is 57.6 Å². The summed E-state index contributed by atoms with van der Waals surface area (Å²) < 4.78 is 26.8. The first-order valence-corrected chi connectivity index (χ1v) is 23.8. The minimum Gasteiger partial charge on any atom is -0.480 e. The van der Waals surface area contributed by atoms with Crippen LogP contribution in [-0.2, 0) is 32.7 Å². The Balaban J connectivity index is 3.94. The van der Waals surface area contributed by atoms with Crippen LogP contribution in [0.2, 0.25) is 0 Å². The molecule has 3 unspecified atom stereocenters. The van der Waals surface area contributed by atoms with Gasteiger partial charge in [-0.05, 0) is 77.0 Å². The second kappa shape index (κ2) is 40.9. The third kappa shape index (κ3) is 40.0. The molecule has 334 valence electrons. The van der Waals surface area contributed by atoms with Gasteiger partial charge in [-0.25, -0.2) is 9.36 Å². The fourth-order valence-electron chi connectivity index (χ4n) is 5.83. The van der Waals surface area contributed by atoms with Gasteiger partial charge in [0.1, 0.15) is 12.7 Å². The van der Waals surface area contributed by atoms with Crippen molar-refractivity contribution < 1.29 is 47.8 Å². The average molecular weight is 838 g/mol. The Morgan fingerprint density at radius 3 is 1.53 bits per heavy atom. The van der Waals surface area contributed by atoms with Crippen LogP contribution in [0.3, 0.4) is 0 Å². The Kier molecular flexibility index (Phi) is 38.9. The number of aliphatic hydroxyl groups excluding tert-OH is 1. The predicted molar refractivity (Wildman–Crippen MR) is 235 cm³/mol. The third-order valence-corrected chi connectivity index (χ3v) is 10.2. The van der Waals surface area contributed by atoms with Crippen molar-refractivity contribution in [2.75, 3.05) is 19.8 Å². The number of aliphatic hydroxyl groups is 1. The molecule has 0 heterocycles. The van der Waals surface area contributed by atoms with E-state index >= 15 is 0 Å². The highest BCUT2D eigenvalue weighted by Crippen LogP contribution is 2.43. The Hall–Kier alpha value is -2.82. The Morgan fingerprint density at radius 2 is 1.00 bits per heavy atom. The van der Waals surface area contributed by atoms with Crippen molar-refractivity contribution in [1.29, 1.82) is 0 Å². The number of nitrogens with one attached hydrogen (secondary N) is 1. The van der Waals surface area contributed by atoms with E-state index in [9.17, 15) is 34.1 Å². The van der Waals surface area contributed by atoms with Gasteiger partial charge in [0.2, 0.25) is 5.91 Å². The summed E-state index contributed by atoms with van der Waals surface area (Å²) in [5, 5.41) is 21.8. The van der Waals surface area contributed by atoms with Crippen LogP contribution in [0.25, 0.3) is 0 Å². The van der Waals surface area contributed by atoms with E-state index in [1.54, 1.807) is 0 Å². The SMILES string of the molecule is CC/C=C\C/C=C\C/C=C\C/C=C\CCCCC(=O)OCC(O)COP(=O)(O)OCC(NC(=O)CCCCCCCCCCC/C=C/CCCCCCCC)C(=O)O. The average Bonchev–Trinajstić information content (AvgIpc) is 3.20. The van der Waals surface area contributed by atoms with Crippen molar-refractivity contribution in [1.82, 2.24) is 5.32 Å². The zero-order chi connectivity index (χ0) is 42.8. The number of carboxylic acid groups (broad SMARTS) is 1. The lowest BCUT2D eigenvalue weighted by Gasteiger charge is -2.18. The molecule has 4 N–H and O–H groups in total. The lowest BCUT2D eigenvalue weighted by atomic mass is 10.1. The second-order valence-corrected chi connectivity index (χ2v) is 16.3. The summed E-state index contributed by atoms with van der Waals surface area (Å²) in [7, 11) is -4.77. The molecule has 12 heteroatoms. The zero-order valence-electron chi connectivity index (χ0n) is 36.1. The van der Waals surface area contributed by atoms with Crippen LogP contribution >= 0.6 is 7.82 Å². The van der Waals surface area contributed by atoms with Crippen molar-refractivity contribution in [3.63, 3.8) is 0 Å². The van der Waals surface area contributed by atoms with E-state index in [-0.39, 0.29) is 12.8 Å². The van der Waals surface area contributed by atoms with E-state index in [0.717, 1.165) is 64.2 Å². The molecule has 0 radical (unpaired) electrons. The standard InChI is InChI=1S/C46H80NO10P/c1-3-5-7-9-11-13-15-17-19-20-21-22-24-25-27-29-31-33-35-37-44(49)47-43(46(51)52)41-57-58(53,54)56-40-42(48)39-55-45(50)38-36-34-32-30-28-26-23-18-16-14-12-10-8-6-4-2/h6,8,12,14,17-19,23,28,30,42-43,48H,3-5,7,9-11,13,15-16,20-22,24-27,29,31-41H2,1-2H3,(H,47,49)(H,51,52)(H,53,54)/b8-6-,14-12-,19-17+,23-18-,30-28-. The van der Waals surface area contributed by atoms with Crippen LogP contribution in [0, 0.1) is 0 Å². The number of amides is 1. The summed E-state index contributed by atoms with van der Waals surface area (Å²) in [4.78, 5) is 45.9. The van der Waals surface area contributed by atoms with Crippen molar-refractivity contribution in [2.45, 2.75) is 193 Å². The number of carboxylic acids is 1. The summed E-state index contributed by atoms with van der Waals surface area (Å²) in [6.45, 7) is 2.43. The lowest BCUT2D eigenvalue weighted by Crippen LogP contribution is -2.43. The number of phosphoric ester groups is 1. The summed E-state index contributed by atoms with van der Waals surface area (Å²) >= 11 is 0. The first-order chi connectivity index (χ1) is 28.1. The minimum absolute atomic E-state index is 0.139. The molecule has 0 bridgehead atoms. The molecule has 0 spiro atoms. The zero-order valence-corrected chi connectivity index (χ0v) is 37.0. The van der Waals surface area contributed by atoms with Gasteiger partial charge in [-0.15, -0.1) is 0 Å². The molecule has 0 saturated carbocycles. The van der Waals surface area contributed by atoms with Gasteiger partial charge in [0, 0.05) is 12.8 Å². The molecule has 0 fully saturated rings. The quantitative estimate of drug-likeness (QED) is 0.0201. The predicted octanol–water partition coefficient (Wildman–Crippen LogP) is 11.6. The van der Waals surface area contributed by atoms with Crippen LogP contribution in [-0.4, -0.2) is 64.9 Å². The number of phosphoric acid groups is 1. The number of rotatable bonds is 41. The molecule has 58 heavy (non-hydrogen) atoms. The molecule has 0 aromatic heterocycles. The molecular weight excluding hydrogens is 757 g/mol.